The predicted octanol–water partition coefficient (Wildman–Crippen LogP) is 2.23. The molecule has 0 aliphatic rings. The quantitative estimate of drug-likeness (QED) is 0.750. The molecule has 0 aliphatic heterocycles. The second kappa shape index (κ2) is 6.42. The lowest BCUT2D eigenvalue weighted by Gasteiger charge is -2.23. The van der Waals surface area contributed by atoms with Crippen molar-refractivity contribution in [2.45, 2.75) is 26.3 Å². The molecule has 0 radical (unpaired) electrons. The summed E-state index contributed by atoms with van der Waals surface area (Å²) < 4.78 is 1.45. The number of nitrogens with one attached hydrogen (secondary N) is 1. The number of hydrogen-bond acceptors (Lipinski definition) is 5. The molecule has 130 valence electrons. The van der Waals surface area contributed by atoms with Crippen LogP contribution >= 0.6 is 11.3 Å². The maximum Gasteiger partial charge on any atom is 0.271 e. The number of nitrogens with zero attached hydrogens (tertiary/aromatic N) is 2. The van der Waals surface area contributed by atoms with Gasteiger partial charge in [-0.25, -0.2) is 4.98 Å². The number of hydrogen-bond donors (Lipinski definition) is 2. The summed E-state index contributed by atoms with van der Waals surface area (Å²) in [5.74, 6) is -0.549. The Morgan fingerprint density at radius 1 is 1.32 bits per heavy atom. The number of carbonyl (C=O) groups is 1. The lowest BCUT2D eigenvalue weighted by Crippen LogP contribution is -2.47. The fourth-order valence-corrected chi connectivity index (χ4v) is 3.25. The van der Waals surface area contributed by atoms with Gasteiger partial charge >= 0.3 is 0 Å². The van der Waals surface area contributed by atoms with Gasteiger partial charge in [0.25, 0.3) is 11.5 Å². The van der Waals surface area contributed by atoms with E-state index in [1.807, 2.05) is 36.6 Å². The SMILES string of the molecule is Cc1ccc(-c2csc3ncc(C(=O)NC(C)(C)CO)c(=O)n23)cc1. The first kappa shape index (κ1) is 17.3. The monoisotopic (exact) mass is 357 g/mol. The Hall–Kier alpha value is -2.51. The van der Waals surface area contributed by atoms with Crippen LogP contribution in [-0.4, -0.2) is 32.5 Å². The molecule has 2 N–H and O–H groups in total. The predicted molar refractivity (Wildman–Crippen MR) is 98.1 cm³/mol. The van der Waals surface area contributed by atoms with Crippen LogP contribution in [0.2, 0.25) is 0 Å². The molecule has 25 heavy (non-hydrogen) atoms. The van der Waals surface area contributed by atoms with Crippen molar-refractivity contribution in [2.75, 3.05) is 6.61 Å². The van der Waals surface area contributed by atoms with Gasteiger partial charge < -0.3 is 10.4 Å². The summed E-state index contributed by atoms with van der Waals surface area (Å²) in [6.07, 6.45) is 1.29. The smallest absolute Gasteiger partial charge is 0.271 e. The van der Waals surface area contributed by atoms with Crippen LogP contribution in [0.1, 0.15) is 29.8 Å². The number of amides is 1. The van der Waals surface area contributed by atoms with Crippen LogP contribution in [0.15, 0.2) is 40.6 Å². The fourth-order valence-electron chi connectivity index (χ4n) is 2.39. The molecule has 0 fully saturated rings. The van der Waals surface area contributed by atoms with Gasteiger partial charge in [0.1, 0.15) is 5.56 Å². The number of rotatable bonds is 4. The molecule has 3 aromatic rings. The van der Waals surface area contributed by atoms with Gasteiger partial charge in [0.2, 0.25) is 0 Å². The third-order valence-corrected chi connectivity index (χ3v) is 4.72. The van der Waals surface area contributed by atoms with E-state index in [1.165, 1.54) is 21.9 Å². The Morgan fingerprint density at radius 3 is 2.64 bits per heavy atom. The Bertz CT molecular complexity index is 987. The van der Waals surface area contributed by atoms with Gasteiger partial charge in [-0.2, -0.15) is 0 Å². The Balaban J connectivity index is 2.10. The lowest BCUT2D eigenvalue weighted by molar-refractivity contribution is 0.0867. The van der Waals surface area contributed by atoms with Crippen LogP contribution in [0.5, 0.6) is 0 Å². The molecule has 0 atom stereocenters. The van der Waals surface area contributed by atoms with E-state index in [9.17, 15) is 14.7 Å². The van der Waals surface area contributed by atoms with Crippen LogP contribution in [0.3, 0.4) is 0 Å². The molecule has 0 spiro atoms. The molecule has 0 unspecified atom stereocenters. The van der Waals surface area contributed by atoms with Crippen molar-refractivity contribution in [1.82, 2.24) is 14.7 Å². The summed E-state index contributed by atoms with van der Waals surface area (Å²) >= 11 is 1.35. The van der Waals surface area contributed by atoms with E-state index in [2.05, 4.69) is 10.3 Å². The largest absolute Gasteiger partial charge is 0.394 e. The molecule has 7 heteroatoms. The Kier molecular flexibility index (Phi) is 4.45. The van der Waals surface area contributed by atoms with E-state index in [0.717, 1.165) is 11.1 Å². The van der Waals surface area contributed by atoms with E-state index >= 15 is 0 Å². The Morgan fingerprint density at radius 2 is 2.00 bits per heavy atom. The summed E-state index contributed by atoms with van der Waals surface area (Å²) in [6.45, 7) is 5.12. The molecule has 2 heterocycles. The van der Waals surface area contributed by atoms with E-state index in [-0.39, 0.29) is 12.2 Å². The molecule has 1 amide bonds. The molecule has 2 aromatic heterocycles. The van der Waals surface area contributed by atoms with Gasteiger partial charge in [0, 0.05) is 11.6 Å². The number of aryl methyl sites for hydroxylation is 1. The van der Waals surface area contributed by atoms with Crippen molar-refractivity contribution in [3.05, 3.63) is 57.3 Å². The standard InChI is InChI=1S/C18H19N3O3S/c1-11-4-6-12(7-5-11)14-9-25-17-19-8-13(16(24)21(14)17)15(23)20-18(2,3)10-22/h4-9,22H,10H2,1-3H3,(H,20,23). The van der Waals surface area contributed by atoms with Crippen molar-refractivity contribution >= 4 is 22.2 Å². The van der Waals surface area contributed by atoms with E-state index in [0.29, 0.717) is 10.7 Å². The zero-order valence-electron chi connectivity index (χ0n) is 14.2. The Labute approximate surface area is 148 Å². The molecule has 3 rings (SSSR count). The number of carbonyl (C=O) groups excluding carboxylic acids is 1. The number of fused-ring (bicyclic) bond motifs is 1. The minimum absolute atomic E-state index is 0.0502. The first-order valence-corrected chi connectivity index (χ1v) is 8.70. The van der Waals surface area contributed by atoms with Crippen molar-refractivity contribution in [3.63, 3.8) is 0 Å². The highest BCUT2D eigenvalue weighted by Gasteiger charge is 2.23. The maximum atomic E-state index is 12.9. The molecule has 0 bridgehead atoms. The minimum Gasteiger partial charge on any atom is -0.394 e. The van der Waals surface area contributed by atoms with E-state index < -0.39 is 17.0 Å². The van der Waals surface area contributed by atoms with Gasteiger partial charge in [0.15, 0.2) is 4.96 Å². The lowest BCUT2D eigenvalue weighted by atomic mass is 10.1. The average molecular weight is 357 g/mol. The summed E-state index contributed by atoms with van der Waals surface area (Å²) in [5.41, 5.74) is 1.42. The zero-order valence-corrected chi connectivity index (χ0v) is 15.1. The van der Waals surface area contributed by atoms with Gasteiger partial charge in [-0.1, -0.05) is 29.8 Å². The molecule has 6 nitrogen and oxygen atoms in total. The van der Waals surface area contributed by atoms with Gasteiger partial charge in [-0.05, 0) is 26.3 Å². The van der Waals surface area contributed by atoms with Gasteiger partial charge in [0.05, 0.1) is 17.8 Å². The summed E-state index contributed by atoms with van der Waals surface area (Å²) in [5, 5.41) is 13.8. The summed E-state index contributed by atoms with van der Waals surface area (Å²) in [6, 6.07) is 7.81. The number of thiazole rings is 1. The van der Waals surface area contributed by atoms with Crippen LogP contribution in [0, 0.1) is 6.92 Å². The van der Waals surface area contributed by atoms with E-state index in [4.69, 9.17) is 0 Å². The highest BCUT2D eigenvalue weighted by Crippen LogP contribution is 2.24. The average Bonchev–Trinajstić information content (AvgIpc) is 3.00. The molecular weight excluding hydrogens is 338 g/mol. The molecular formula is C18H19N3O3S. The summed E-state index contributed by atoms with van der Waals surface area (Å²) in [4.78, 5) is 30.1. The molecule has 0 saturated heterocycles. The zero-order chi connectivity index (χ0) is 18.2. The second-order valence-corrected chi connectivity index (χ2v) is 7.41. The third-order valence-electron chi connectivity index (χ3n) is 3.88. The molecule has 0 saturated carbocycles. The molecule has 1 aromatic carbocycles. The number of aliphatic hydroxyl groups excluding tert-OH is 1. The van der Waals surface area contributed by atoms with Crippen molar-refractivity contribution in [2.24, 2.45) is 0 Å². The highest BCUT2D eigenvalue weighted by molar-refractivity contribution is 7.15. The second-order valence-electron chi connectivity index (χ2n) is 6.58. The van der Waals surface area contributed by atoms with Crippen molar-refractivity contribution in [3.8, 4) is 11.3 Å². The number of aromatic nitrogens is 2. The van der Waals surface area contributed by atoms with Crippen LogP contribution in [-0.2, 0) is 0 Å². The topological polar surface area (TPSA) is 83.7 Å². The van der Waals surface area contributed by atoms with Crippen LogP contribution < -0.4 is 10.9 Å². The third kappa shape index (κ3) is 3.33. The molecule has 0 aliphatic carbocycles. The van der Waals surface area contributed by atoms with Crippen molar-refractivity contribution < 1.29 is 9.90 Å². The highest BCUT2D eigenvalue weighted by atomic mass is 32.1. The number of benzene rings is 1. The van der Waals surface area contributed by atoms with Gasteiger partial charge in [-0.3, -0.25) is 14.0 Å². The van der Waals surface area contributed by atoms with E-state index in [1.54, 1.807) is 13.8 Å². The van der Waals surface area contributed by atoms with Crippen molar-refractivity contribution in [1.29, 1.82) is 0 Å². The first-order valence-electron chi connectivity index (χ1n) is 7.82. The maximum absolute atomic E-state index is 12.9. The van der Waals surface area contributed by atoms with Gasteiger partial charge in [-0.15, -0.1) is 11.3 Å². The first-order chi connectivity index (χ1) is 11.8. The van der Waals surface area contributed by atoms with Crippen LogP contribution in [0.25, 0.3) is 16.2 Å². The van der Waals surface area contributed by atoms with Crippen LogP contribution in [0.4, 0.5) is 0 Å². The summed E-state index contributed by atoms with van der Waals surface area (Å²) in [7, 11) is 0. The number of aliphatic hydroxyl groups is 1. The normalized spacial score (nSPS) is 11.7. The minimum atomic E-state index is -0.822. The fraction of sp³-hybridized carbons (Fsp3) is 0.278.